The lowest BCUT2D eigenvalue weighted by molar-refractivity contribution is -0.139. The summed E-state index contributed by atoms with van der Waals surface area (Å²) < 4.78 is 10.9. The number of aliphatic carboxylic acids is 1. The Hall–Kier alpha value is -3.02. The number of carbonyl (C=O) groups is 2. The predicted octanol–water partition coefficient (Wildman–Crippen LogP) is 2.63. The average molecular weight is 341 g/mol. The highest BCUT2D eigenvalue weighted by Gasteiger charge is 2.27. The topological polar surface area (TPSA) is 84.9 Å². The summed E-state index contributed by atoms with van der Waals surface area (Å²) in [7, 11) is 0. The third kappa shape index (κ3) is 3.57. The molecular weight excluding hydrogens is 322 g/mol. The van der Waals surface area contributed by atoms with Gasteiger partial charge in [0.15, 0.2) is 6.61 Å². The monoisotopic (exact) mass is 341 g/mol. The van der Waals surface area contributed by atoms with Crippen LogP contribution in [0.25, 0.3) is 0 Å². The van der Waals surface area contributed by atoms with Crippen molar-refractivity contribution in [3.05, 3.63) is 58.7 Å². The van der Waals surface area contributed by atoms with Crippen molar-refractivity contribution in [3.63, 3.8) is 0 Å². The van der Waals surface area contributed by atoms with Crippen LogP contribution < -0.4 is 14.8 Å². The number of carboxylic acid groups (broad SMARTS) is 1. The normalized spacial score (nSPS) is 15.2. The Balaban J connectivity index is 1.73. The first-order valence-electron chi connectivity index (χ1n) is 7.94. The van der Waals surface area contributed by atoms with Crippen LogP contribution in [-0.4, -0.2) is 30.2 Å². The number of fused-ring (bicyclic) bond motifs is 1. The van der Waals surface area contributed by atoms with Crippen LogP contribution in [0.4, 0.5) is 0 Å². The Labute approximate surface area is 145 Å². The molecule has 130 valence electrons. The van der Waals surface area contributed by atoms with E-state index in [2.05, 4.69) is 5.32 Å². The van der Waals surface area contributed by atoms with E-state index < -0.39 is 12.6 Å². The summed E-state index contributed by atoms with van der Waals surface area (Å²) >= 11 is 0. The number of carbonyl (C=O) groups excluding carboxylic acids is 1. The van der Waals surface area contributed by atoms with Gasteiger partial charge in [0.25, 0.3) is 5.91 Å². The Morgan fingerprint density at radius 2 is 2.08 bits per heavy atom. The van der Waals surface area contributed by atoms with E-state index in [4.69, 9.17) is 14.6 Å². The molecule has 1 aliphatic rings. The number of ether oxygens (including phenoxy) is 2. The smallest absolute Gasteiger partial charge is 0.341 e. The number of aryl methyl sites for hydroxylation is 1. The quantitative estimate of drug-likeness (QED) is 0.873. The van der Waals surface area contributed by atoms with Crippen molar-refractivity contribution in [2.45, 2.75) is 19.9 Å². The zero-order valence-corrected chi connectivity index (χ0v) is 14.0. The molecular formula is C19H19NO5. The second-order valence-electron chi connectivity index (χ2n) is 5.97. The molecule has 0 aromatic heterocycles. The number of carboxylic acids is 1. The van der Waals surface area contributed by atoms with Gasteiger partial charge in [0, 0.05) is 11.1 Å². The first-order chi connectivity index (χ1) is 12.0. The fourth-order valence-corrected chi connectivity index (χ4v) is 2.77. The van der Waals surface area contributed by atoms with E-state index in [1.807, 2.05) is 26.0 Å². The van der Waals surface area contributed by atoms with Gasteiger partial charge in [-0.2, -0.15) is 0 Å². The highest BCUT2D eigenvalue weighted by molar-refractivity contribution is 5.95. The number of nitrogens with one attached hydrogen (secondary N) is 1. The molecule has 0 radical (unpaired) electrons. The number of amides is 1. The van der Waals surface area contributed by atoms with Gasteiger partial charge in [-0.15, -0.1) is 0 Å². The average Bonchev–Trinajstić information content (AvgIpc) is 3.00. The molecule has 0 saturated heterocycles. The van der Waals surface area contributed by atoms with Gasteiger partial charge < -0.3 is 19.9 Å². The van der Waals surface area contributed by atoms with E-state index >= 15 is 0 Å². The Bertz CT molecular complexity index is 831. The van der Waals surface area contributed by atoms with Gasteiger partial charge in [-0.05, 0) is 43.2 Å². The standard InChI is InChI=1S/C19H19NO5/c1-11-6-7-15-16(9-25-18(15)12(11)2)20-19(23)13-4-3-5-14(8-13)24-10-17(21)22/h3-8,16H,9-10H2,1-2H3,(H,20,23)(H,21,22). The molecule has 0 spiro atoms. The third-order valence-corrected chi connectivity index (χ3v) is 4.24. The minimum Gasteiger partial charge on any atom is -0.490 e. The molecule has 2 aromatic rings. The Morgan fingerprint density at radius 1 is 1.28 bits per heavy atom. The first kappa shape index (κ1) is 16.8. The van der Waals surface area contributed by atoms with Crippen LogP contribution in [0.5, 0.6) is 11.5 Å². The van der Waals surface area contributed by atoms with Crippen LogP contribution in [0.15, 0.2) is 36.4 Å². The second-order valence-corrected chi connectivity index (χ2v) is 5.97. The van der Waals surface area contributed by atoms with Gasteiger partial charge in [-0.25, -0.2) is 4.79 Å². The zero-order chi connectivity index (χ0) is 18.0. The van der Waals surface area contributed by atoms with Crippen LogP contribution in [0.1, 0.15) is 33.1 Å². The van der Waals surface area contributed by atoms with Gasteiger partial charge in [0.2, 0.25) is 0 Å². The van der Waals surface area contributed by atoms with Crippen molar-refractivity contribution in [1.82, 2.24) is 5.32 Å². The number of rotatable bonds is 5. The predicted molar refractivity (Wildman–Crippen MR) is 91.2 cm³/mol. The summed E-state index contributed by atoms with van der Waals surface area (Å²) in [6.07, 6.45) is 0. The molecule has 1 aliphatic heterocycles. The molecule has 2 N–H and O–H groups in total. The van der Waals surface area contributed by atoms with Crippen LogP contribution in [0.2, 0.25) is 0 Å². The summed E-state index contributed by atoms with van der Waals surface area (Å²) in [6, 6.07) is 10.2. The van der Waals surface area contributed by atoms with Crippen LogP contribution in [-0.2, 0) is 4.79 Å². The van der Waals surface area contributed by atoms with Crippen LogP contribution >= 0.6 is 0 Å². The van der Waals surface area contributed by atoms with Crippen molar-refractivity contribution >= 4 is 11.9 Å². The molecule has 2 aromatic carbocycles. The summed E-state index contributed by atoms with van der Waals surface area (Å²) in [5.41, 5.74) is 3.60. The molecule has 0 fully saturated rings. The first-order valence-corrected chi connectivity index (χ1v) is 7.94. The van der Waals surface area contributed by atoms with Gasteiger partial charge in [0.05, 0.1) is 6.04 Å². The van der Waals surface area contributed by atoms with Crippen molar-refractivity contribution in [1.29, 1.82) is 0 Å². The zero-order valence-electron chi connectivity index (χ0n) is 14.0. The van der Waals surface area contributed by atoms with Crippen molar-refractivity contribution in [3.8, 4) is 11.5 Å². The lowest BCUT2D eigenvalue weighted by Gasteiger charge is -2.13. The number of hydrogen-bond donors (Lipinski definition) is 2. The summed E-state index contributed by atoms with van der Waals surface area (Å²) in [5, 5.41) is 11.6. The van der Waals surface area contributed by atoms with Crippen LogP contribution in [0, 0.1) is 13.8 Å². The maximum Gasteiger partial charge on any atom is 0.341 e. The van der Waals surface area contributed by atoms with Crippen molar-refractivity contribution in [2.75, 3.05) is 13.2 Å². The van der Waals surface area contributed by atoms with E-state index in [1.165, 1.54) is 6.07 Å². The summed E-state index contributed by atoms with van der Waals surface area (Å²) in [5.74, 6) is -0.158. The Morgan fingerprint density at radius 3 is 2.84 bits per heavy atom. The Kier molecular flexibility index (Phi) is 4.61. The minimum absolute atomic E-state index is 0.217. The summed E-state index contributed by atoms with van der Waals surface area (Å²) in [4.78, 5) is 23.1. The van der Waals surface area contributed by atoms with E-state index in [9.17, 15) is 9.59 Å². The maximum atomic E-state index is 12.5. The van der Waals surface area contributed by atoms with Crippen LogP contribution in [0.3, 0.4) is 0 Å². The lowest BCUT2D eigenvalue weighted by atomic mass is 10.0. The molecule has 25 heavy (non-hydrogen) atoms. The highest BCUT2D eigenvalue weighted by atomic mass is 16.5. The molecule has 1 unspecified atom stereocenters. The highest BCUT2D eigenvalue weighted by Crippen LogP contribution is 2.36. The lowest BCUT2D eigenvalue weighted by Crippen LogP contribution is -2.29. The van der Waals surface area contributed by atoms with Gasteiger partial charge in [-0.3, -0.25) is 4.79 Å². The molecule has 0 bridgehead atoms. The van der Waals surface area contributed by atoms with E-state index in [1.54, 1.807) is 18.2 Å². The fourth-order valence-electron chi connectivity index (χ4n) is 2.77. The number of benzene rings is 2. The molecule has 6 nitrogen and oxygen atoms in total. The van der Waals surface area contributed by atoms with Gasteiger partial charge in [-0.1, -0.05) is 18.2 Å². The molecule has 0 saturated carbocycles. The fraction of sp³-hybridized carbons (Fsp3) is 0.263. The summed E-state index contributed by atoms with van der Waals surface area (Å²) in [6.45, 7) is 3.96. The third-order valence-electron chi connectivity index (χ3n) is 4.24. The minimum atomic E-state index is -1.07. The molecule has 1 heterocycles. The molecule has 6 heteroatoms. The second kappa shape index (κ2) is 6.84. The van der Waals surface area contributed by atoms with Gasteiger partial charge in [0.1, 0.15) is 18.1 Å². The van der Waals surface area contributed by atoms with Crippen molar-refractivity contribution < 1.29 is 24.2 Å². The number of hydrogen-bond acceptors (Lipinski definition) is 4. The molecule has 3 rings (SSSR count). The van der Waals surface area contributed by atoms with Crippen molar-refractivity contribution in [2.24, 2.45) is 0 Å². The van der Waals surface area contributed by atoms with E-state index in [-0.39, 0.29) is 11.9 Å². The van der Waals surface area contributed by atoms with E-state index in [0.717, 1.165) is 22.4 Å². The van der Waals surface area contributed by atoms with E-state index in [0.29, 0.717) is 17.9 Å². The largest absolute Gasteiger partial charge is 0.490 e. The maximum absolute atomic E-state index is 12.5. The molecule has 1 atom stereocenters. The molecule has 1 amide bonds. The SMILES string of the molecule is Cc1ccc2c(c1C)OCC2NC(=O)c1cccc(OCC(=O)O)c1. The van der Waals surface area contributed by atoms with Gasteiger partial charge >= 0.3 is 5.97 Å². The molecule has 0 aliphatic carbocycles.